The van der Waals surface area contributed by atoms with Gasteiger partial charge in [0.1, 0.15) is 0 Å². The molecule has 1 aromatic rings. The summed E-state index contributed by atoms with van der Waals surface area (Å²) in [5, 5.41) is 3.36. The van der Waals surface area contributed by atoms with E-state index in [-0.39, 0.29) is 17.8 Å². The molecule has 1 spiro atoms. The van der Waals surface area contributed by atoms with Crippen molar-refractivity contribution in [1.29, 1.82) is 0 Å². The van der Waals surface area contributed by atoms with E-state index in [0.29, 0.717) is 18.0 Å². The Labute approximate surface area is 127 Å². The molecule has 2 heterocycles. The normalized spacial score (nSPS) is 26.9. The van der Waals surface area contributed by atoms with Gasteiger partial charge in [-0.15, -0.1) is 12.4 Å². The zero-order valence-corrected chi connectivity index (χ0v) is 13.3. The van der Waals surface area contributed by atoms with Gasteiger partial charge in [-0.25, -0.2) is 8.42 Å². The third-order valence-electron chi connectivity index (χ3n) is 4.45. The van der Waals surface area contributed by atoms with Crippen LogP contribution in [-0.2, 0) is 10.0 Å². The lowest BCUT2D eigenvalue weighted by atomic mass is 9.87. The summed E-state index contributed by atoms with van der Waals surface area (Å²) in [7, 11) is -3.33. The van der Waals surface area contributed by atoms with Crippen LogP contribution in [0.2, 0.25) is 0 Å². The second-order valence-electron chi connectivity index (χ2n) is 5.78. The summed E-state index contributed by atoms with van der Waals surface area (Å²) in [5.41, 5.74) is 1.00. The smallest absolute Gasteiger partial charge is 0.243 e. The van der Waals surface area contributed by atoms with Gasteiger partial charge in [0, 0.05) is 19.6 Å². The van der Waals surface area contributed by atoms with Gasteiger partial charge in [0.25, 0.3) is 0 Å². The lowest BCUT2D eigenvalue weighted by molar-refractivity contribution is 0.338. The van der Waals surface area contributed by atoms with E-state index < -0.39 is 10.0 Å². The van der Waals surface area contributed by atoms with Crippen molar-refractivity contribution in [2.75, 3.05) is 26.2 Å². The standard InChI is InChI=1S/C14H20N2O2S.ClH/c1-12-4-2-3-5-13(12)19(17,18)16-9-7-14(11-16)6-8-15-10-14;/h2-5,15H,6-11H2,1H3;1H. The van der Waals surface area contributed by atoms with Crippen LogP contribution in [0.25, 0.3) is 0 Å². The Morgan fingerprint density at radius 1 is 1.25 bits per heavy atom. The van der Waals surface area contributed by atoms with Gasteiger partial charge in [-0.05, 0) is 43.4 Å². The topological polar surface area (TPSA) is 49.4 Å². The van der Waals surface area contributed by atoms with E-state index in [1.165, 1.54) is 0 Å². The van der Waals surface area contributed by atoms with E-state index >= 15 is 0 Å². The van der Waals surface area contributed by atoms with Crippen LogP contribution in [-0.4, -0.2) is 38.9 Å². The molecule has 0 bridgehead atoms. The van der Waals surface area contributed by atoms with Crippen molar-refractivity contribution in [3.05, 3.63) is 29.8 Å². The van der Waals surface area contributed by atoms with Crippen LogP contribution in [0.3, 0.4) is 0 Å². The van der Waals surface area contributed by atoms with Crippen LogP contribution >= 0.6 is 12.4 Å². The number of aryl methyl sites for hydroxylation is 1. The van der Waals surface area contributed by atoms with Gasteiger partial charge >= 0.3 is 0 Å². The molecule has 0 amide bonds. The van der Waals surface area contributed by atoms with Crippen molar-refractivity contribution < 1.29 is 8.42 Å². The van der Waals surface area contributed by atoms with E-state index in [1.54, 1.807) is 16.4 Å². The average Bonchev–Trinajstić information content (AvgIpc) is 3.01. The molecule has 1 aromatic carbocycles. The second kappa shape index (κ2) is 5.64. The van der Waals surface area contributed by atoms with Gasteiger partial charge in [-0.3, -0.25) is 0 Å². The number of halogens is 1. The van der Waals surface area contributed by atoms with Gasteiger partial charge in [-0.1, -0.05) is 18.2 Å². The summed E-state index contributed by atoms with van der Waals surface area (Å²) in [6, 6.07) is 7.24. The highest BCUT2D eigenvalue weighted by Gasteiger charge is 2.44. The monoisotopic (exact) mass is 316 g/mol. The lowest BCUT2D eigenvalue weighted by Crippen LogP contribution is -2.33. The number of nitrogens with zero attached hydrogens (tertiary/aromatic N) is 1. The Bertz CT molecular complexity index is 583. The van der Waals surface area contributed by atoms with Crippen LogP contribution in [0.4, 0.5) is 0 Å². The largest absolute Gasteiger partial charge is 0.316 e. The summed E-state index contributed by atoms with van der Waals surface area (Å²) in [4.78, 5) is 0.456. The molecule has 2 fully saturated rings. The molecule has 3 rings (SSSR count). The van der Waals surface area contributed by atoms with Crippen molar-refractivity contribution in [3.63, 3.8) is 0 Å². The summed E-state index contributed by atoms with van der Waals surface area (Å²) in [6.45, 7) is 5.13. The van der Waals surface area contributed by atoms with Gasteiger partial charge < -0.3 is 5.32 Å². The number of sulfonamides is 1. The summed E-state index contributed by atoms with van der Waals surface area (Å²) < 4.78 is 27.1. The quantitative estimate of drug-likeness (QED) is 0.905. The molecule has 6 heteroatoms. The molecule has 20 heavy (non-hydrogen) atoms. The second-order valence-corrected chi connectivity index (χ2v) is 7.69. The van der Waals surface area contributed by atoms with Gasteiger partial charge in [0.2, 0.25) is 10.0 Å². The molecule has 1 atom stereocenters. The summed E-state index contributed by atoms with van der Waals surface area (Å²) >= 11 is 0. The molecule has 1 unspecified atom stereocenters. The van der Waals surface area contributed by atoms with Gasteiger partial charge in [0.15, 0.2) is 0 Å². The molecule has 0 radical (unpaired) electrons. The molecule has 2 saturated heterocycles. The first kappa shape index (κ1) is 15.8. The number of hydrogen-bond donors (Lipinski definition) is 1. The molecule has 0 saturated carbocycles. The van der Waals surface area contributed by atoms with Crippen molar-refractivity contribution >= 4 is 22.4 Å². The van der Waals surface area contributed by atoms with Crippen LogP contribution in [0, 0.1) is 12.3 Å². The van der Waals surface area contributed by atoms with Gasteiger partial charge in [0.05, 0.1) is 4.90 Å². The number of hydrogen-bond acceptors (Lipinski definition) is 3. The number of rotatable bonds is 2. The molecular formula is C14H21ClN2O2S. The predicted octanol–water partition coefficient (Wildman–Crippen LogP) is 1.79. The Morgan fingerprint density at radius 3 is 2.65 bits per heavy atom. The van der Waals surface area contributed by atoms with Crippen LogP contribution in [0.15, 0.2) is 29.2 Å². The first-order chi connectivity index (χ1) is 9.04. The molecule has 1 N–H and O–H groups in total. The van der Waals surface area contributed by atoms with Crippen molar-refractivity contribution in [3.8, 4) is 0 Å². The maximum Gasteiger partial charge on any atom is 0.243 e. The minimum Gasteiger partial charge on any atom is -0.316 e. The first-order valence-corrected chi connectivity index (χ1v) is 8.24. The van der Waals surface area contributed by atoms with Crippen LogP contribution < -0.4 is 5.32 Å². The predicted molar refractivity (Wildman–Crippen MR) is 81.7 cm³/mol. The third-order valence-corrected chi connectivity index (χ3v) is 6.45. The summed E-state index contributed by atoms with van der Waals surface area (Å²) in [6.07, 6.45) is 2.07. The fraction of sp³-hybridized carbons (Fsp3) is 0.571. The molecule has 4 nitrogen and oxygen atoms in total. The zero-order chi connectivity index (χ0) is 13.5. The molecular weight excluding hydrogens is 296 g/mol. The van der Waals surface area contributed by atoms with Crippen molar-refractivity contribution in [2.24, 2.45) is 5.41 Å². The van der Waals surface area contributed by atoms with Crippen molar-refractivity contribution in [2.45, 2.75) is 24.7 Å². The fourth-order valence-electron chi connectivity index (χ4n) is 3.23. The Kier molecular flexibility index (Phi) is 4.44. The van der Waals surface area contributed by atoms with E-state index in [0.717, 1.165) is 31.5 Å². The molecule has 0 aliphatic carbocycles. The highest BCUT2D eigenvalue weighted by Crippen LogP contribution is 2.38. The van der Waals surface area contributed by atoms with Gasteiger partial charge in [-0.2, -0.15) is 4.31 Å². The Balaban J connectivity index is 0.00000147. The average molecular weight is 317 g/mol. The Hall–Kier alpha value is -0.620. The number of benzene rings is 1. The maximum atomic E-state index is 12.7. The van der Waals surface area contributed by atoms with Crippen LogP contribution in [0.5, 0.6) is 0 Å². The SMILES string of the molecule is Cc1ccccc1S(=O)(=O)N1CCC2(CCNC2)C1.Cl. The highest BCUT2D eigenvalue weighted by molar-refractivity contribution is 7.89. The minimum atomic E-state index is -3.33. The minimum absolute atomic E-state index is 0. The zero-order valence-electron chi connectivity index (χ0n) is 11.6. The molecule has 112 valence electrons. The lowest BCUT2D eigenvalue weighted by Gasteiger charge is -2.23. The highest BCUT2D eigenvalue weighted by atomic mass is 35.5. The van der Waals surface area contributed by atoms with E-state index in [2.05, 4.69) is 5.32 Å². The maximum absolute atomic E-state index is 12.7. The number of nitrogens with one attached hydrogen (secondary N) is 1. The fourth-order valence-corrected chi connectivity index (χ4v) is 5.01. The molecule has 2 aliphatic heterocycles. The summed E-state index contributed by atoms with van der Waals surface area (Å²) in [5.74, 6) is 0. The third kappa shape index (κ3) is 2.60. The molecule has 0 aromatic heterocycles. The van der Waals surface area contributed by atoms with E-state index in [4.69, 9.17) is 0 Å². The van der Waals surface area contributed by atoms with Crippen LogP contribution in [0.1, 0.15) is 18.4 Å². The first-order valence-electron chi connectivity index (χ1n) is 6.80. The van der Waals surface area contributed by atoms with E-state index in [1.807, 2.05) is 19.1 Å². The molecule has 2 aliphatic rings. The van der Waals surface area contributed by atoms with E-state index in [9.17, 15) is 8.42 Å². The Morgan fingerprint density at radius 2 is 2.00 bits per heavy atom. The van der Waals surface area contributed by atoms with Crippen molar-refractivity contribution in [1.82, 2.24) is 9.62 Å².